The highest BCUT2D eigenvalue weighted by atomic mass is 15.2. The van der Waals surface area contributed by atoms with Gasteiger partial charge in [0.25, 0.3) is 0 Å². The first kappa shape index (κ1) is 15.7. The molecule has 5 nitrogen and oxygen atoms in total. The summed E-state index contributed by atoms with van der Waals surface area (Å²) in [4.78, 5) is 10.7. The molecule has 0 aliphatic heterocycles. The number of anilines is 2. The molecule has 0 amide bonds. The van der Waals surface area contributed by atoms with Gasteiger partial charge in [0.1, 0.15) is 18.0 Å². The van der Waals surface area contributed by atoms with E-state index in [2.05, 4.69) is 54.9 Å². The van der Waals surface area contributed by atoms with Crippen LogP contribution in [-0.2, 0) is 0 Å². The van der Waals surface area contributed by atoms with Gasteiger partial charge >= 0.3 is 0 Å². The fourth-order valence-corrected chi connectivity index (χ4v) is 1.70. The van der Waals surface area contributed by atoms with Gasteiger partial charge in [-0.15, -0.1) is 0 Å². The molecule has 0 saturated heterocycles. The molecular weight excluding hydrogens is 238 g/mol. The molecule has 1 aromatic heterocycles. The fourth-order valence-electron chi connectivity index (χ4n) is 1.70. The van der Waals surface area contributed by atoms with Gasteiger partial charge in [0, 0.05) is 26.2 Å². The molecule has 1 heterocycles. The first-order chi connectivity index (χ1) is 8.84. The maximum atomic E-state index is 5.72. The Morgan fingerprint density at radius 1 is 1.37 bits per heavy atom. The van der Waals surface area contributed by atoms with E-state index in [0.29, 0.717) is 12.5 Å². The molecule has 0 bridgehead atoms. The number of nitrogens with one attached hydrogen (secondary N) is 1. The molecule has 1 aromatic rings. The minimum atomic E-state index is 0.0644. The van der Waals surface area contributed by atoms with Gasteiger partial charge in [0.2, 0.25) is 0 Å². The highest BCUT2D eigenvalue weighted by Gasteiger charge is 2.15. The second kappa shape index (κ2) is 6.70. The minimum Gasteiger partial charge on any atom is -0.369 e. The highest BCUT2D eigenvalue weighted by molar-refractivity contribution is 5.48. The molecule has 108 valence electrons. The Labute approximate surface area is 116 Å². The van der Waals surface area contributed by atoms with Gasteiger partial charge in [-0.25, -0.2) is 9.97 Å². The Hall–Kier alpha value is -1.36. The van der Waals surface area contributed by atoms with Crippen molar-refractivity contribution in [3.63, 3.8) is 0 Å². The Balaban J connectivity index is 2.67. The second-order valence-corrected chi connectivity index (χ2v) is 6.26. The summed E-state index contributed by atoms with van der Waals surface area (Å²) in [5.74, 6) is 2.39. The lowest BCUT2D eigenvalue weighted by Gasteiger charge is -2.24. The summed E-state index contributed by atoms with van der Waals surface area (Å²) in [6.45, 7) is 11.1. The van der Waals surface area contributed by atoms with E-state index in [4.69, 9.17) is 5.73 Å². The number of rotatable bonds is 7. The molecule has 0 fully saturated rings. The molecule has 0 unspecified atom stereocenters. The molecule has 3 N–H and O–H groups in total. The van der Waals surface area contributed by atoms with Gasteiger partial charge in [-0.1, -0.05) is 27.7 Å². The summed E-state index contributed by atoms with van der Waals surface area (Å²) in [5.41, 5.74) is 5.79. The summed E-state index contributed by atoms with van der Waals surface area (Å²) in [7, 11) is 2.05. The van der Waals surface area contributed by atoms with Crippen molar-refractivity contribution in [2.24, 2.45) is 17.1 Å². The van der Waals surface area contributed by atoms with Crippen molar-refractivity contribution < 1.29 is 0 Å². The predicted octanol–water partition coefficient (Wildman–Crippen LogP) is 1.97. The van der Waals surface area contributed by atoms with Crippen LogP contribution in [0.4, 0.5) is 11.6 Å². The Morgan fingerprint density at radius 2 is 2.05 bits per heavy atom. The number of nitrogens with zero attached hydrogens (tertiary/aromatic N) is 3. The monoisotopic (exact) mass is 265 g/mol. The SMILES string of the molecule is CC(C)CN(C)c1cc(NCC(C)(C)CN)ncn1. The predicted molar refractivity (Wildman–Crippen MR) is 81.5 cm³/mol. The van der Waals surface area contributed by atoms with Crippen LogP contribution in [0, 0.1) is 11.3 Å². The summed E-state index contributed by atoms with van der Waals surface area (Å²) in [6, 6.07) is 1.98. The van der Waals surface area contributed by atoms with E-state index >= 15 is 0 Å². The smallest absolute Gasteiger partial charge is 0.133 e. The number of nitrogens with two attached hydrogens (primary N) is 1. The molecule has 5 heteroatoms. The van der Waals surface area contributed by atoms with Crippen molar-refractivity contribution in [3.05, 3.63) is 12.4 Å². The second-order valence-electron chi connectivity index (χ2n) is 6.26. The van der Waals surface area contributed by atoms with Crippen molar-refractivity contribution >= 4 is 11.6 Å². The zero-order chi connectivity index (χ0) is 14.5. The maximum Gasteiger partial charge on any atom is 0.133 e. The van der Waals surface area contributed by atoms with Crippen LogP contribution in [0.1, 0.15) is 27.7 Å². The van der Waals surface area contributed by atoms with Gasteiger partial charge in [-0.2, -0.15) is 0 Å². The van der Waals surface area contributed by atoms with Crippen LogP contribution in [0.2, 0.25) is 0 Å². The van der Waals surface area contributed by atoms with Crippen LogP contribution in [0.3, 0.4) is 0 Å². The van der Waals surface area contributed by atoms with Crippen molar-refractivity contribution in [1.29, 1.82) is 0 Å². The van der Waals surface area contributed by atoms with E-state index in [1.165, 1.54) is 0 Å². The van der Waals surface area contributed by atoms with Crippen molar-refractivity contribution in [3.8, 4) is 0 Å². The number of aromatic nitrogens is 2. The Morgan fingerprint density at radius 3 is 2.63 bits per heavy atom. The average Bonchev–Trinajstić information content (AvgIpc) is 2.36. The summed E-state index contributed by atoms with van der Waals surface area (Å²) in [5, 5.41) is 3.33. The summed E-state index contributed by atoms with van der Waals surface area (Å²) < 4.78 is 0. The summed E-state index contributed by atoms with van der Waals surface area (Å²) >= 11 is 0. The van der Waals surface area contributed by atoms with Crippen LogP contribution in [-0.4, -0.2) is 36.6 Å². The molecule has 0 atom stereocenters. The van der Waals surface area contributed by atoms with Crippen molar-refractivity contribution in [2.45, 2.75) is 27.7 Å². The topological polar surface area (TPSA) is 67.1 Å². The quantitative estimate of drug-likeness (QED) is 0.789. The van der Waals surface area contributed by atoms with Gasteiger partial charge < -0.3 is 16.0 Å². The molecule has 0 radical (unpaired) electrons. The van der Waals surface area contributed by atoms with Gasteiger partial charge in [-0.05, 0) is 17.9 Å². The van der Waals surface area contributed by atoms with Crippen molar-refractivity contribution in [1.82, 2.24) is 9.97 Å². The van der Waals surface area contributed by atoms with Gasteiger partial charge in [-0.3, -0.25) is 0 Å². The Kier molecular flexibility index (Phi) is 5.54. The van der Waals surface area contributed by atoms with E-state index in [1.54, 1.807) is 6.33 Å². The average molecular weight is 265 g/mol. The van der Waals surface area contributed by atoms with Crippen LogP contribution < -0.4 is 16.0 Å². The third-order valence-corrected chi connectivity index (χ3v) is 2.98. The third-order valence-electron chi connectivity index (χ3n) is 2.98. The number of hydrogen-bond donors (Lipinski definition) is 2. The van der Waals surface area contributed by atoms with E-state index < -0.39 is 0 Å². The number of hydrogen-bond acceptors (Lipinski definition) is 5. The largest absolute Gasteiger partial charge is 0.369 e. The molecule has 0 aliphatic carbocycles. The molecule has 19 heavy (non-hydrogen) atoms. The molecule has 0 saturated carbocycles. The molecule has 0 aromatic carbocycles. The fraction of sp³-hybridized carbons (Fsp3) is 0.714. The maximum absolute atomic E-state index is 5.72. The Bertz CT molecular complexity index is 389. The van der Waals surface area contributed by atoms with Crippen LogP contribution >= 0.6 is 0 Å². The molecule has 0 aliphatic rings. The van der Waals surface area contributed by atoms with Crippen LogP contribution in [0.25, 0.3) is 0 Å². The highest BCUT2D eigenvalue weighted by Crippen LogP contribution is 2.17. The van der Waals surface area contributed by atoms with Gasteiger partial charge in [0.05, 0.1) is 0 Å². The molecule has 1 rings (SSSR count). The lowest BCUT2D eigenvalue weighted by molar-refractivity contribution is 0.405. The molecule has 0 spiro atoms. The van der Waals surface area contributed by atoms with E-state index in [0.717, 1.165) is 24.7 Å². The van der Waals surface area contributed by atoms with Gasteiger partial charge in [0.15, 0.2) is 0 Å². The van der Waals surface area contributed by atoms with E-state index in [-0.39, 0.29) is 5.41 Å². The first-order valence-corrected chi connectivity index (χ1v) is 6.81. The normalized spacial score (nSPS) is 11.7. The third kappa shape index (κ3) is 5.42. The first-order valence-electron chi connectivity index (χ1n) is 6.81. The van der Waals surface area contributed by atoms with E-state index in [9.17, 15) is 0 Å². The molecular formula is C14H27N5. The lowest BCUT2D eigenvalue weighted by atomic mass is 9.94. The zero-order valence-electron chi connectivity index (χ0n) is 12.8. The van der Waals surface area contributed by atoms with Crippen molar-refractivity contribution in [2.75, 3.05) is 36.9 Å². The summed E-state index contributed by atoms with van der Waals surface area (Å²) in [6.07, 6.45) is 1.60. The minimum absolute atomic E-state index is 0.0644. The van der Waals surface area contributed by atoms with E-state index in [1.807, 2.05) is 6.07 Å². The van der Waals surface area contributed by atoms with Crippen LogP contribution in [0.15, 0.2) is 12.4 Å². The standard InChI is InChI=1S/C14H27N5/c1-11(2)7-19(5)13-6-12(17-10-18-13)16-9-14(3,4)8-15/h6,10-11H,7-9,15H2,1-5H3,(H,16,17,18). The van der Waals surface area contributed by atoms with Crippen LogP contribution in [0.5, 0.6) is 0 Å². The lowest BCUT2D eigenvalue weighted by Crippen LogP contribution is -2.31. The zero-order valence-corrected chi connectivity index (χ0v) is 12.8.